The fraction of sp³-hybridized carbons (Fsp3) is 0.0323. The van der Waals surface area contributed by atoms with Gasteiger partial charge in [-0.15, -0.1) is 0 Å². The van der Waals surface area contributed by atoms with E-state index < -0.39 is 13.3 Å². The van der Waals surface area contributed by atoms with Crippen LogP contribution in [0.25, 0.3) is 0 Å². The Balaban J connectivity index is 1.69. The zero-order valence-electron chi connectivity index (χ0n) is 18.4. The number of hydrogen-bond donors (Lipinski definition) is 0. The van der Waals surface area contributed by atoms with Crippen LogP contribution in [0.5, 0.6) is 0 Å². The maximum atomic E-state index is 2.52. The van der Waals surface area contributed by atoms with Gasteiger partial charge in [0.15, 0.2) is 0 Å². The van der Waals surface area contributed by atoms with E-state index in [9.17, 15) is 0 Å². The number of hydrogen-bond acceptors (Lipinski definition) is 1. The van der Waals surface area contributed by atoms with Gasteiger partial charge in [-0.2, -0.15) is 0 Å². The Hall–Kier alpha value is -3.56. The monoisotopic (exact) mass is 485 g/mol. The van der Waals surface area contributed by atoms with Gasteiger partial charge in [-0.05, 0) is 0 Å². The van der Waals surface area contributed by atoms with Gasteiger partial charge in [0.25, 0.3) is 0 Å². The molecular weight excluding hydrogens is 459 g/mol. The third kappa shape index (κ3) is 3.23. The molecule has 1 aliphatic heterocycles. The first kappa shape index (κ1) is 20.1. The summed E-state index contributed by atoms with van der Waals surface area (Å²) in [5, 5.41) is 0. The van der Waals surface area contributed by atoms with Crippen LogP contribution in [0.3, 0.4) is 0 Å². The van der Waals surface area contributed by atoms with Crippen molar-refractivity contribution in [2.24, 2.45) is 0 Å². The average Bonchev–Trinajstić information content (AvgIpc) is 2.90. The molecular formula is C31H25GeN. The van der Waals surface area contributed by atoms with E-state index in [-0.39, 0.29) is 0 Å². The summed E-state index contributed by atoms with van der Waals surface area (Å²) < 4.78 is 5.96. The van der Waals surface area contributed by atoms with Crippen LogP contribution in [0.2, 0.25) is 0 Å². The molecule has 2 heteroatoms. The molecule has 0 N–H and O–H groups in total. The average molecular weight is 484 g/mol. The molecule has 33 heavy (non-hydrogen) atoms. The van der Waals surface area contributed by atoms with E-state index in [1.54, 1.807) is 0 Å². The predicted molar refractivity (Wildman–Crippen MR) is 142 cm³/mol. The van der Waals surface area contributed by atoms with Crippen molar-refractivity contribution in [3.63, 3.8) is 0 Å². The summed E-state index contributed by atoms with van der Waals surface area (Å²) in [5.74, 6) is 0. The normalized spacial score (nSPS) is 13.8. The van der Waals surface area contributed by atoms with Crippen molar-refractivity contribution >= 4 is 42.2 Å². The van der Waals surface area contributed by atoms with Crippen molar-refractivity contribution < 1.29 is 0 Å². The van der Waals surface area contributed by atoms with E-state index in [4.69, 9.17) is 0 Å². The minimum atomic E-state index is -3.21. The van der Waals surface area contributed by atoms with Crippen molar-refractivity contribution in [2.45, 2.75) is 6.54 Å². The first-order chi connectivity index (χ1) is 16.4. The van der Waals surface area contributed by atoms with Crippen molar-refractivity contribution in [1.29, 1.82) is 0 Å². The Bertz CT molecular complexity index is 1290. The van der Waals surface area contributed by atoms with Gasteiger partial charge in [-0.25, -0.2) is 0 Å². The zero-order chi connectivity index (χ0) is 22.1. The third-order valence-corrected chi connectivity index (χ3v) is 17.0. The molecule has 158 valence electrons. The van der Waals surface area contributed by atoms with Crippen molar-refractivity contribution in [1.82, 2.24) is 0 Å². The van der Waals surface area contributed by atoms with E-state index in [1.165, 1.54) is 34.5 Å². The van der Waals surface area contributed by atoms with Gasteiger partial charge >= 0.3 is 199 Å². The zero-order valence-corrected chi connectivity index (χ0v) is 20.5. The van der Waals surface area contributed by atoms with Gasteiger partial charge in [0.1, 0.15) is 0 Å². The maximum absolute atomic E-state index is 3.21. The second-order valence-electron chi connectivity index (χ2n) is 8.59. The second kappa shape index (κ2) is 8.42. The number of anilines is 2. The topological polar surface area (TPSA) is 3.24 Å². The summed E-state index contributed by atoms with van der Waals surface area (Å²) in [6.45, 7) is 0.858. The molecule has 0 atom stereocenters. The Morgan fingerprint density at radius 3 is 1.30 bits per heavy atom. The van der Waals surface area contributed by atoms with Gasteiger partial charge in [-0.3, -0.25) is 0 Å². The van der Waals surface area contributed by atoms with E-state index in [0.29, 0.717) is 0 Å². The number of nitrogens with zero attached hydrogens (tertiary/aromatic N) is 1. The molecule has 0 amide bonds. The van der Waals surface area contributed by atoms with Crippen LogP contribution < -0.4 is 22.5 Å². The van der Waals surface area contributed by atoms with Gasteiger partial charge in [0, 0.05) is 0 Å². The van der Waals surface area contributed by atoms with Gasteiger partial charge in [0.05, 0.1) is 0 Å². The van der Waals surface area contributed by atoms with Crippen LogP contribution in [-0.2, 0) is 6.54 Å². The second-order valence-corrected chi connectivity index (χ2v) is 16.4. The summed E-state index contributed by atoms with van der Waals surface area (Å²) >= 11 is -3.21. The SMILES string of the molecule is c1ccc(CN2c3cccc[c]3[Ge]([c]3ccccc3)([c]3ccccc3)[c]3ccccc32)cc1. The third-order valence-electron chi connectivity index (χ3n) is 6.79. The molecule has 1 heterocycles. The molecule has 0 spiro atoms. The quantitative estimate of drug-likeness (QED) is 0.334. The first-order valence-electron chi connectivity index (χ1n) is 11.5. The molecule has 0 unspecified atom stereocenters. The van der Waals surface area contributed by atoms with Crippen molar-refractivity contribution in [3.05, 3.63) is 145 Å². The van der Waals surface area contributed by atoms with E-state index >= 15 is 0 Å². The summed E-state index contributed by atoms with van der Waals surface area (Å²) in [6, 6.07) is 51.5. The van der Waals surface area contributed by atoms with Crippen molar-refractivity contribution in [2.75, 3.05) is 4.90 Å². The standard InChI is InChI=1S/C31H25GeN/c1-4-14-25(15-5-1)24-33-30-22-12-10-20-28(30)32(26-16-6-2-7-17-26,27-18-8-3-9-19-27)29-21-11-13-23-31(29)33/h1-23H,24H2. The number of benzene rings is 5. The molecule has 5 aromatic rings. The Morgan fingerprint density at radius 2 is 0.818 bits per heavy atom. The summed E-state index contributed by atoms with van der Waals surface area (Å²) in [6.07, 6.45) is 0. The first-order valence-corrected chi connectivity index (χ1v) is 15.7. The number of rotatable bonds is 4. The van der Waals surface area contributed by atoms with Crippen LogP contribution >= 0.6 is 0 Å². The molecule has 0 saturated carbocycles. The Kier molecular flexibility index (Phi) is 5.12. The van der Waals surface area contributed by atoms with Crippen molar-refractivity contribution in [3.8, 4) is 0 Å². The number of fused-ring (bicyclic) bond motifs is 2. The summed E-state index contributed by atoms with van der Waals surface area (Å²) in [7, 11) is 0. The molecule has 0 radical (unpaired) electrons. The molecule has 0 aromatic heterocycles. The molecule has 0 fully saturated rings. The summed E-state index contributed by atoms with van der Waals surface area (Å²) in [4.78, 5) is 2.52. The Morgan fingerprint density at radius 1 is 0.424 bits per heavy atom. The van der Waals surface area contributed by atoms with Gasteiger partial charge in [-0.1, -0.05) is 0 Å². The molecule has 5 aromatic carbocycles. The summed E-state index contributed by atoms with van der Waals surface area (Å²) in [5.41, 5.74) is 4.00. The molecule has 0 bridgehead atoms. The number of para-hydroxylation sites is 2. The fourth-order valence-electron chi connectivity index (χ4n) is 5.43. The van der Waals surface area contributed by atoms with Crippen LogP contribution in [0.4, 0.5) is 11.4 Å². The van der Waals surface area contributed by atoms with Crippen LogP contribution in [0, 0.1) is 0 Å². The van der Waals surface area contributed by atoms with E-state index in [2.05, 4.69) is 144 Å². The van der Waals surface area contributed by atoms with E-state index in [1.807, 2.05) is 0 Å². The predicted octanol–water partition coefficient (Wildman–Crippen LogP) is 4.72. The molecule has 1 aliphatic rings. The molecule has 6 rings (SSSR count). The van der Waals surface area contributed by atoms with Crippen LogP contribution in [0.1, 0.15) is 5.56 Å². The molecule has 1 nitrogen and oxygen atoms in total. The Labute approximate surface area is 198 Å². The van der Waals surface area contributed by atoms with Crippen LogP contribution in [0.15, 0.2) is 140 Å². The van der Waals surface area contributed by atoms with Gasteiger partial charge < -0.3 is 0 Å². The van der Waals surface area contributed by atoms with Crippen LogP contribution in [-0.4, -0.2) is 13.3 Å². The van der Waals surface area contributed by atoms with Gasteiger partial charge in [0.2, 0.25) is 0 Å². The minimum absolute atomic E-state index is 0.858. The fourth-order valence-corrected chi connectivity index (χ4v) is 16.2. The van der Waals surface area contributed by atoms with E-state index in [0.717, 1.165) is 6.54 Å². The molecule has 0 aliphatic carbocycles. The molecule has 0 saturated heterocycles.